The van der Waals surface area contributed by atoms with Crippen molar-refractivity contribution >= 4 is 29.0 Å². The van der Waals surface area contributed by atoms with Gasteiger partial charge in [0.2, 0.25) is 12.5 Å². The molecule has 6 aliphatic rings. The Kier molecular flexibility index (Phi) is 11.7. The lowest BCUT2D eigenvalue weighted by atomic mass is 9.66. The van der Waals surface area contributed by atoms with Crippen LogP contribution in [0.1, 0.15) is 67.1 Å². The highest BCUT2D eigenvalue weighted by atomic mass is 32.1. The number of cyclic esters (lactones) is 1. The molecule has 0 saturated carbocycles. The fourth-order valence-electron chi connectivity index (χ4n) is 8.72. The molecule has 3 aromatic rings. The maximum Gasteiger partial charge on any atom is 0.310 e. The smallest absolute Gasteiger partial charge is 0.310 e. The second kappa shape index (κ2) is 16.8. The molecule has 1 aromatic heterocycles. The molecule has 3 saturated heterocycles. The molecular weight excluding hydrogens is 807 g/mol. The van der Waals surface area contributed by atoms with Crippen molar-refractivity contribution in [1.29, 1.82) is 0 Å². The third kappa shape index (κ3) is 7.33. The summed E-state index contributed by atoms with van der Waals surface area (Å²) in [5.41, 5.74) is 1.91. The summed E-state index contributed by atoms with van der Waals surface area (Å²) in [6.45, 7) is 5.34. The zero-order chi connectivity index (χ0) is 42.6. The van der Waals surface area contributed by atoms with Crippen LogP contribution in [-0.4, -0.2) is 109 Å². The summed E-state index contributed by atoms with van der Waals surface area (Å²) in [7, 11) is 2.86. The Balaban J connectivity index is 0.000000304. The number of phenols is 1. The molecule has 17 nitrogen and oxygen atoms in total. The Bertz CT molecular complexity index is 2130. The molecule has 322 valence electrons. The number of hydrogen-bond acceptors (Lipinski definition) is 17. The minimum absolute atomic E-state index is 0.0242. The van der Waals surface area contributed by atoms with E-state index in [2.05, 4.69) is 5.32 Å². The highest BCUT2D eigenvalue weighted by Gasteiger charge is 2.56. The number of rotatable bonds is 9. The largest absolute Gasteiger partial charge is 0.509 e. The minimum Gasteiger partial charge on any atom is -0.509 e. The van der Waals surface area contributed by atoms with Crippen LogP contribution >= 0.6 is 11.3 Å². The standard InChI is InChI=1S/C32H32O13S.C10H15NO3/c1-37-19-6-13(7-20(38-2)25(19)33)23-14-8-17-18(42-12-41-17)9-15(14)28(16-10-39-30(36)24(16)23)44-32-27(35)26(34)29-21(43-32)11-40-31(45-29)22-4-3-5-46-22;1-4-5(2)8-9(13)7(6(3)12)10(14)11-8/h3-9,16,21,23-24,26-29,31-35H,10-12H2,1-2H3;5,8,13H,4H2,1-3H3,(H,11,14)/t16?,21-,23-,24+,26-,27-,28?,29-,31?,32+;/m1./s1. The normalized spacial score (nSPS) is 31.8. The van der Waals surface area contributed by atoms with E-state index in [1.807, 2.05) is 37.4 Å². The Hall–Kier alpha value is -4.95. The first-order chi connectivity index (χ1) is 28.8. The number of fused-ring (bicyclic) bond motifs is 4. The van der Waals surface area contributed by atoms with E-state index in [9.17, 15) is 34.8 Å². The first kappa shape index (κ1) is 41.8. The molecule has 0 bridgehead atoms. The van der Waals surface area contributed by atoms with E-state index in [1.165, 1.54) is 32.5 Å². The molecule has 2 aromatic carbocycles. The van der Waals surface area contributed by atoms with Gasteiger partial charge in [-0.25, -0.2) is 0 Å². The zero-order valence-electron chi connectivity index (χ0n) is 33.4. The van der Waals surface area contributed by atoms with Crippen molar-refractivity contribution in [3.63, 3.8) is 0 Å². The quantitative estimate of drug-likeness (QED) is 0.153. The highest BCUT2D eigenvalue weighted by Crippen LogP contribution is 2.57. The van der Waals surface area contributed by atoms with E-state index in [0.29, 0.717) is 28.2 Å². The van der Waals surface area contributed by atoms with Crippen molar-refractivity contribution in [1.82, 2.24) is 5.32 Å². The predicted molar refractivity (Wildman–Crippen MR) is 208 cm³/mol. The molecule has 1 amide bonds. The fourth-order valence-corrected chi connectivity index (χ4v) is 9.43. The number of carbonyl (C=O) groups is 3. The molecule has 5 N–H and O–H groups in total. The second-order valence-corrected chi connectivity index (χ2v) is 16.4. The Morgan fingerprint density at radius 1 is 0.967 bits per heavy atom. The lowest BCUT2D eigenvalue weighted by Crippen LogP contribution is -2.62. The Morgan fingerprint density at radius 3 is 2.28 bits per heavy atom. The molecule has 0 spiro atoms. The van der Waals surface area contributed by atoms with Crippen LogP contribution in [0.15, 0.2) is 53.1 Å². The van der Waals surface area contributed by atoms with E-state index in [1.54, 1.807) is 18.2 Å². The molecule has 1 aliphatic carbocycles. The third-order valence-electron chi connectivity index (χ3n) is 12.0. The number of Topliss-reactive ketones (excluding diaryl/α,β-unsaturated/α-hetero) is 1. The Morgan fingerprint density at radius 2 is 1.67 bits per heavy atom. The molecule has 9 rings (SSSR count). The van der Waals surface area contributed by atoms with Crippen molar-refractivity contribution in [2.24, 2.45) is 17.8 Å². The topological polar surface area (TPSA) is 227 Å². The number of aromatic hydroxyl groups is 1. The zero-order valence-corrected chi connectivity index (χ0v) is 34.2. The number of benzene rings is 2. The van der Waals surface area contributed by atoms with Crippen LogP contribution in [0.25, 0.3) is 0 Å². The van der Waals surface area contributed by atoms with Gasteiger partial charge in [-0.1, -0.05) is 26.3 Å². The molecule has 18 heteroatoms. The number of hydrogen-bond donors (Lipinski definition) is 5. The first-order valence-electron chi connectivity index (χ1n) is 19.6. The van der Waals surface area contributed by atoms with E-state index in [-0.39, 0.29) is 60.3 Å². The van der Waals surface area contributed by atoms with E-state index in [4.69, 9.17) is 42.6 Å². The minimum atomic E-state index is -1.47. The third-order valence-corrected chi connectivity index (χ3v) is 12.9. The predicted octanol–water partition coefficient (Wildman–Crippen LogP) is 3.68. The number of aliphatic hydroxyl groups is 3. The van der Waals surface area contributed by atoms with E-state index < -0.39 is 78.8 Å². The number of nitrogens with one attached hydrogen (secondary N) is 1. The van der Waals surface area contributed by atoms with Crippen LogP contribution in [-0.2, 0) is 38.1 Å². The summed E-state index contributed by atoms with van der Waals surface area (Å²) >= 11 is 1.46. The van der Waals surface area contributed by atoms with Crippen molar-refractivity contribution in [2.75, 3.05) is 34.2 Å². The van der Waals surface area contributed by atoms with Gasteiger partial charge < -0.3 is 68.4 Å². The Labute approximate surface area is 348 Å². The number of ketones is 1. The fraction of sp³-hybridized carbons (Fsp3) is 0.500. The number of ether oxygens (including phenoxy) is 9. The number of phenolic OH excluding ortho intramolecular Hbond substituents is 1. The van der Waals surface area contributed by atoms with Crippen LogP contribution < -0.4 is 24.3 Å². The van der Waals surface area contributed by atoms with Gasteiger partial charge >= 0.3 is 5.97 Å². The van der Waals surface area contributed by atoms with Gasteiger partial charge in [-0.15, -0.1) is 11.3 Å². The summed E-state index contributed by atoms with van der Waals surface area (Å²) in [4.78, 5) is 36.7. The van der Waals surface area contributed by atoms with Gasteiger partial charge in [0.25, 0.3) is 5.91 Å². The first-order valence-corrected chi connectivity index (χ1v) is 20.5. The molecule has 60 heavy (non-hydrogen) atoms. The lowest BCUT2D eigenvalue weighted by Gasteiger charge is -2.48. The molecule has 3 fully saturated rings. The SMILES string of the molecule is CCC(C)C1NC(=O)C(C(C)=O)=C1O.COc1cc([C@@H]2c3cc4c(cc3C(O[C@@H]3O[C@@H]5COC(c6cccs6)O[C@H]5[C@H](O)[C@H]3O)C3COC(=O)[C@@H]32)OCO4)cc(OC)c1O. The number of carbonyl (C=O) groups excluding carboxylic acids is 3. The van der Waals surface area contributed by atoms with Gasteiger partial charge in [0.15, 0.2) is 41.4 Å². The molecule has 5 unspecified atom stereocenters. The van der Waals surface area contributed by atoms with Crippen molar-refractivity contribution in [2.45, 2.75) is 82.3 Å². The van der Waals surface area contributed by atoms with E-state index in [0.717, 1.165) is 11.3 Å². The van der Waals surface area contributed by atoms with Crippen LogP contribution in [0.2, 0.25) is 0 Å². The van der Waals surface area contributed by atoms with Crippen molar-refractivity contribution < 1.29 is 77.4 Å². The van der Waals surface area contributed by atoms with Crippen LogP contribution in [0, 0.1) is 17.8 Å². The van der Waals surface area contributed by atoms with Gasteiger partial charge in [-0.2, -0.15) is 0 Å². The average molecular weight is 854 g/mol. The summed E-state index contributed by atoms with van der Waals surface area (Å²) < 4.78 is 52.6. The van der Waals surface area contributed by atoms with Gasteiger partial charge in [0, 0.05) is 11.8 Å². The average Bonchev–Trinajstić information content (AvgIpc) is 4.07. The van der Waals surface area contributed by atoms with Gasteiger partial charge in [0.1, 0.15) is 35.7 Å². The molecule has 6 heterocycles. The maximum atomic E-state index is 13.5. The summed E-state index contributed by atoms with van der Waals surface area (Å²) in [6, 6.07) is 10.3. The van der Waals surface area contributed by atoms with Gasteiger partial charge in [0.05, 0.1) is 50.4 Å². The summed E-state index contributed by atoms with van der Waals surface area (Å²) in [5, 5.41) is 47.3. The summed E-state index contributed by atoms with van der Waals surface area (Å²) in [5.74, 6) is -1.89. The monoisotopic (exact) mass is 853 g/mol. The number of thiophene rings is 1. The molecule has 12 atom stereocenters. The van der Waals surface area contributed by atoms with Crippen molar-refractivity contribution in [3.05, 3.63) is 74.7 Å². The van der Waals surface area contributed by atoms with Crippen LogP contribution in [0.3, 0.4) is 0 Å². The van der Waals surface area contributed by atoms with Gasteiger partial charge in [-0.05, 0) is 65.2 Å². The van der Waals surface area contributed by atoms with Crippen LogP contribution in [0.4, 0.5) is 0 Å². The molecule has 0 radical (unpaired) electrons. The number of esters is 1. The second-order valence-electron chi connectivity index (χ2n) is 15.4. The lowest BCUT2D eigenvalue weighted by molar-refractivity contribution is -0.368. The van der Waals surface area contributed by atoms with E-state index >= 15 is 0 Å². The summed E-state index contributed by atoms with van der Waals surface area (Å²) in [6.07, 6.45) is -6.33. The van der Waals surface area contributed by atoms with Crippen molar-refractivity contribution in [3.8, 4) is 28.7 Å². The molecule has 5 aliphatic heterocycles. The maximum absolute atomic E-state index is 13.5. The number of amides is 1. The number of aliphatic hydroxyl groups excluding tert-OH is 3. The number of methoxy groups -OCH3 is 2. The van der Waals surface area contributed by atoms with Crippen LogP contribution in [0.5, 0.6) is 28.7 Å². The molecular formula is C42H47NO16S. The highest BCUT2D eigenvalue weighted by molar-refractivity contribution is 7.10. The van der Waals surface area contributed by atoms with Gasteiger partial charge in [-0.3, -0.25) is 14.4 Å².